The molecule has 114 valence electrons. The highest BCUT2D eigenvalue weighted by molar-refractivity contribution is 7.13. The summed E-state index contributed by atoms with van der Waals surface area (Å²) in [5.74, 6) is -0.853. The van der Waals surface area contributed by atoms with Crippen LogP contribution in [-0.4, -0.2) is 29.1 Å². The van der Waals surface area contributed by atoms with E-state index in [1.165, 1.54) is 16.2 Å². The Balaban J connectivity index is 2.11. The van der Waals surface area contributed by atoms with Gasteiger partial charge in [0.1, 0.15) is 5.41 Å². The Morgan fingerprint density at radius 3 is 2.76 bits per heavy atom. The van der Waals surface area contributed by atoms with Gasteiger partial charge in [0.15, 0.2) is 5.13 Å². The van der Waals surface area contributed by atoms with Crippen LogP contribution in [0.15, 0.2) is 22.9 Å². The second kappa shape index (κ2) is 6.15. The van der Waals surface area contributed by atoms with Crippen LogP contribution in [0.4, 0.5) is 5.13 Å². The molecule has 21 heavy (non-hydrogen) atoms. The van der Waals surface area contributed by atoms with Gasteiger partial charge in [-0.1, -0.05) is 6.07 Å². The summed E-state index contributed by atoms with van der Waals surface area (Å²) in [4.78, 5) is 19.3. The number of nitrogens with zero attached hydrogens (tertiary/aromatic N) is 2. The van der Waals surface area contributed by atoms with Gasteiger partial charge in [0.2, 0.25) is 0 Å². The third-order valence-corrected chi connectivity index (χ3v) is 5.54. The zero-order valence-electron chi connectivity index (χ0n) is 12.7. The van der Waals surface area contributed by atoms with E-state index >= 15 is 0 Å². The predicted molar refractivity (Wildman–Crippen MR) is 88.7 cm³/mol. The van der Waals surface area contributed by atoms with Crippen LogP contribution in [-0.2, 0) is 16.6 Å². The van der Waals surface area contributed by atoms with E-state index in [1.54, 1.807) is 25.2 Å². The summed E-state index contributed by atoms with van der Waals surface area (Å²) < 4.78 is 0. The Hall–Kier alpha value is -1.40. The van der Waals surface area contributed by atoms with Crippen molar-refractivity contribution in [3.05, 3.63) is 33.5 Å². The Labute approximate surface area is 133 Å². The number of aromatic nitrogens is 1. The summed E-state index contributed by atoms with van der Waals surface area (Å²) in [5.41, 5.74) is -0.336. The Morgan fingerprint density at radius 1 is 1.48 bits per heavy atom. The normalized spacial score (nSPS) is 13.1. The van der Waals surface area contributed by atoms with Crippen LogP contribution in [0.2, 0.25) is 0 Å². The minimum absolute atomic E-state index is 0.315. The van der Waals surface area contributed by atoms with Gasteiger partial charge in [-0.05, 0) is 32.2 Å². The van der Waals surface area contributed by atoms with E-state index < -0.39 is 11.4 Å². The summed E-state index contributed by atoms with van der Waals surface area (Å²) in [6.45, 7) is 5.52. The molecule has 6 heteroatoms. The van der Waals surface area contributed by atoms with Gasteiger partial charge in [-0.2, -0.15) is 0 Å². The van der Waals surface area contributed by atoms with Crippen LogP contribution in [0.25, 0.3) is 0 Å². The quantitative estimate of drug-likeness (QED) is 0.881. The number of hydrogen-bond acceptors (Lipinski definition) is 5. The van der Waals surface area contributed by atoms with Crippen molar-refractivity contribution in [1.29, 1.82) is 0 Å². The smallest absolute Gasteiger partial charge is 0.315 e. The second-order valence-electron chi connectivity index (χ2n) is 5.69. The highest BCUT2D eigenvalue weighted by Crippen LogP contribution is 2.30. The minimum atomic E-state index is -0.952. The molecule has 0 amide bonds. The van der Waals surface area contributed by atoms with Crippen LogP contribution in [0.1, 0.15) is 31.3 Å². The molecule has 0 aromatic carbocycles. The zero-order valence-corrected chi connectivity index (χ0v) is 14.3. The van der Waals surface area contributed by atoms with E-state index in [4.69, 9.17) is 0 Å². The van der Waals surface area contributed by atoms with Crippen LogP contribution in [0, 0.1) is 0 Å². The molecule has 0 aliphatic heterocycles. The Bertz CT molecular complexity index is 605. The van der Waals surface area contributed by atoms with E-state index in [1.807, 2.05) is 12.4 Å². The minimum Gasteiger partial charge on any atom is -0.481 e. The van der Waals surface area contributed by atoms with Gasteiger partial charge in [-0.15, -0.1) is 22.7 Å². The Kier molecular flexibility index (Phi) is 4.68. The van der Waals surface area contributed by atoms with Crippen molar-refractivity contribution in [3.8, 4) is 0 Å². The topological polar surface area (TPSA) is 53.4 Å². The van der Waals surface area contributed by atoms with E-state index in [2.05, 4.69) is 34.3 Å². The van der Waals surface area contributed by atoms with Crippen LogP contribution in [0.5, 0.6) is 0 Å². The lowest BCUT2D eigenvalue weighted by Crippen LogP contribution is -2.31. The van der Waals surface area contributed by atoms with Crippen molar-refractivity contribution in [2.45, 2.75) is 38.6 Å². The number of anilines is 1. The molecular formula is C15H20N2O2S2. The fourth-order valence-electron chi connectivity index (χ4n) is 1.87. The number of thiophene rings is 1. The molecule has 1 N–H and O–H groups in total. The van der Waals surface area contributed by atoms with Gasteiger partial charge in [-0.25, -0.2) is 4.98 Å². The van der Waals surface area contributed by atoms with Gasteiger partial charge >= 0.3 is 5.97 Å². The summed E-state index contributed by atoms with van der Waals surface area (Å²) in [6, 6.07) is 4.51. The zero-order chi connectivity index (χ0) is 15.6. The van der Waals surface area contributed by atoms with Crippen molar-refractivity contribution in [3.63, 3.8) is 0 Å². The first-order valence-electron chi connectivity index (χ1n) is 6.77. The number of rotatable bonds is 6. The highest BCUT2D eigenvalue weighted by atomic mass is 32.1. The lowest BCUT2D eigenvalue weighted by Gasteiger charge is -2.24. The number of carboxylic acid groups (broad SMARTS) is 1. The van der Waals surface area contributed by atoms with Crippen LogP contribution >= 0.6 is 22.7 Å². The molecule has 0 saturated carbocycles. The molecule has 0 aliphatic carbocycles. The molecule has 0 radical (unpaired) electrons. The number of carboxylic acids is 1. The molecule has 1 atom stereocenters. The predicted octanol–water partition coefficient (Wildman–Crippen LogP) is 3.63. The van der Waals surface area contributed by atoms with E-state index in [-0.39, 0.29) is 0 Å². The first kappa shape index (κ1) is 16.0. The molecule has 0 spiro atoms. The maximum atomic E-state index is 11.3. The first-order valence-corrected chi connectivity index (χ1v) is 8.53. The monoisotopic (exact) mass is 324 g/mol. The summed E-state index contributed by atoms with van der Waals surface area (Å²) >= 11 is 3.25. The summed E-state index contributed by atoms with van der Waals surface area (Å²) in [7, 11) is 2.01. The second-order valence-corrected chi connectivity index (χ2v) is 7.56. The summed E-state index contributed by atoms with van der Waals surface area (Å²) in [6.07, 6.45) is 0.964. The third-order valence-electron chi connectivity index (χ3n) is 3.71. The highest BCUT2D eigenvalue weighted by Gasteiger charge is 2.32. The molecule has 1 unspecified atom stereocenters. The van der Waals surface area contributed by atoms with Crippen LogP contribution < -0.4 is 4.90 Å². The lowest BCUT2D eigenvalue weighted by atomic mass is 9.90. The van der Waals surface area contributed by atoms with E-state index in [0.717, 1.165) is 11.6 Å². The molecule has 2 aromatic rings. The molecule has 0 aliphatic rings. The van der Waals surface area contributed by atoms with Gasteiger partial charge < -0.3 is 10.0 Å². The Morgan fingerprint density at radius 2 is 2.19 bits per heavy atom. The number of thiazole rings is 1. The molecule has 2 aromatic heterocycles. The number of aliphatic carboxylic acids is 1. The van der Waals surface area contributed by atoms with E-state index in [9.17, 15) is 9.90 Å². The SMILES string of the molecule is CC(Cc1cccs1)N(C)c1nc(C(C)(C)C(=O)O)cs1. The maximum Gasteiger partial charge on any atom is 0.315 e. The van der Waals surface area contributed by atoms with Gasteiger partial charge in [0.05, 0.1) is 5.69 Å². The maximum absolute atomic E-state index is 11.3. The van der Waals surface area contributed by atoms with Crippen molar-refractivity contribution < 1.29 is 9.90 Å². The van der Waals surface area contributed by atoms with Gasteiger partial charge in [0.25, 0.3) is 0 Å². The fraction of sp³-hybridized carbons (Fsp3) is 0.467. The van der Waals surface area contributed by atoms with E-state index in [0.29, 0.717) is 11.7 Å². The largest absolute Gasteiger partial charge is 0.481 e. The molecule has 0 saturated heterocycles. The average Bonchev–Trinajstić information content (AvgIpc) is 3.08. The molecule has 0 bridgehead atoms. The molecule has 2 heterocycles. The van der Waals surface area contributed by atoms with Crippen LogP contribution in [0.3, 0.4) is 0 Å². The fourth-order valence-corrected chi connectivity index (χ4v) is 3.76. The van der Waals surface area contributed by atoms with Crippen molar-refractivity contribution in [1.82, 2.24) is 4.98 Å². The average molecular weight is 324 g/mol. The van der Waals surface area contributed by atoms with Gasteiger partial charge in [-0.3, -0.25) is 4.79 Å². The molecule has 2 rings (SSSR count). The first-order chi connectivity index (χ1) is 9.82. The number of likely N-dealkylation sites (N-methyl/N-ethyl adjacent to an activating group) is 1. The number of hydrogen-bond donors (Lipinski definition) is 1. The molecule has 0 fully saturated rings. The molecule has 4 nitrogen and oxygen atoms in total. The van der Waals surface area contributed by atoms with Crippen molar-refractivity contribution in [2.75, 3.05) is 11.9 Å². The number of carbonyl (C=O) groups is 1. The lowest BCUT2D eigenvalue weighted by molar-refractivity contribution is -0.142. The van der Waals surface area contributed by atoms with Crippen molar-refractivity contribution in [2.24, 2.45) is 0 Å². The standard InChI is InChI=1S/C15H20N2O2S2/c1-10(8-11-6-5-7-20-11)17(4)14-16-12(9-21-14)15(2,3)13(18)19/h5-7,9-10H,8H2,1-4H3,(H,18,19). The third kappa shape index (κ3) is 3.44. The van der Waals surface area contributed by atoms with Gasteiger partial charge in [0, 0.05) is 29.8 Å². The molecular weight excluding hydrogens is 304 g/mol. The summed E-state index contributed by atoms with van der Waals surface area (Å²) in [5, 5.41) is 14.1. The van der Waals surface area contributed by atoms with Crippen molar-refractivity contribution >= 4 is 33.8 Å².